The fourth-order valence-electron chi connectivity index (χ4n) is 3.17. The van der Waals surface area contributed by atoms with Crippen molar-refractivity contribution in [3.8, 4) is 0 Å². The number of rotatable bonds is 3. The first kappa shape index (κ1) is 16.0. The quantitative estimate of drug-likeness (QED) is 0.725. The fourth-order valence-corrected chi connectivity index (χ4v) is 4.69. The minimum atomic E-state index is -3.60. The van der Waals surface area contributed by atoms with E-state index in [0.29, 0.717) is 18.6 Å². The number of sulfonamides is 1. The van der Waals surface area contributed by atoms with Gasteiger partial charge in [-0.2, -0.15) is 4.31 Å². The van der Waals surface area contributed by atoms with E-state index in [1.54, 1.807) is 18.3 Å². The van der Waals surface area contributed by atoms with E-state index >= 15 is 0 Å². The molecule has 0 radical (unpaired) electrons. The molecule has 0 aliphatic carbocycles. The molecule has 0 atom stereocenters. The Labute approximate surface area is 147 Å². The third kappa shape index (κ3) is 2.86. The first-order valence-electron chi connectivity index (χ1n) is 8.16. The van der Waals surface area contributed by atoms with Crippen LogP contribution in [0.1, 0.15) is 11.1 Å². The Balaban J connectivity index is 1.70. The number of para-hydroxylation sites is 1. The molecule has 0 unspecified atom stereocenters. The minimum absolute atomic E-state index is 0.271. The van der Waals surface area contributed by atoms with E-state index < -0.39 is 10.0 Å². The first-order chi connectivity index (χ1) is 12.1. The molecule has 0 amide bonds. The summed E-state index contributed by atoms with van der Waals surface area (Å²) in [5, 5.41) is 0.844. The van der Waals surface area contributed by atoms with Gasteiger partial charge in [-0.05, 0) is 35.8 Å². The predicted octanol–water partition coefficient (Wildman–Crippen LogP) is 3.63. The second-order valence-corrected chi connectivity index (χ2v) is 8.14. The normalized spacial score (nSPS) is 15.5. The number of benzene rings is 2. The third-order valence-corrected chi connectivity index (χ3v) is 6.30. The van der Waals surface area contributed by atoms with Gasteiger partial charge >= 0.3 is 0 Å². The highest BCUT2D eigenvalue weighted by Gasteiger charge is 2.30. The molecule has 126 valence electrons. The summed E-state index contributed by atoms with van der Waals surface area (Å²) in [5.41, 5.74) is 3.64. The smallest absolute Gasteiger partial charge is 0.245 e. The van der Waals surface area contributed by atoms with Crippen LogP contribution in [0, 0.1) is 6.92 Å². The minimum Gasteiger partial charge on any atom is -0.255 e. The lowest BCUT2D eigenvalue weighted by molar-refractivity contribution is 0.490. The van der Waals surface area contributed by atoms with Crippen LogP contribution in [-0.4, -0.2) is 30.8 Å². The van der Waals surface area contributed by atoms with Crippen LogP contribution in [0.2, 0.25) is 0 Å². The van der Waals surface area contributed by atoms with Crippen molar-refractivity contribution in [3.05, 3.63) is 78.0 Å². The molecule has 4 nitrogen and oxygen atoms in total. The van der Waals surface area contributed by atoms with Crippen LogP contribution < -0.4 is 0 Å². The second kappa shape index (κ2) is 6.10. The van der Waals surface area contributed by atoms with Crippen LogP contribution in [0.4, 0.5) is 0 Å². The zero-order valence-electron chi connectivity index (χ0n) is 13.9. The van der Waals surface area contributed by atoms with Gasteiger partial charge in [0.2, 0.25) is 10.0 Å². The maximum absolute atomic E-state index is 13.2. The molecule has 5 heteroatoms. The number of hydrogen-bond donors (Lipinski definition) is 0. The van der Waals surface area contributed by atoms with Gasteiger partial charge in [0.05, 0.1) is 5.52 Å². The molecule has 0 fully saturated rings. The Morgan fingerprint density at radius 1 is 1.04 bits per heavy atom. The van der Waals surface area contributed by atoms with E-state index in [1.807, 2.05) is 55.5 Å². The second-order valence-electron chi connectivity index (χ2n) is 6.23. The van der Waals surface area contributed by atoms with Crippen molar-refractivity contribution >= 4 is 26.5 Å². The Morgan fingerprint density at radius 3 is 2.64 bits per heavy atom. The molecule has 0 N–H and O–H groups in total. The molecule has 1 aliphatic rings. The summed E-state index contributed by atoms with van der Waals surface area (Å²) < 4.78 is 27.8. The standard InChI is InChI=1S/C20H18N2O2S/c1-15-12-17-8-5-9-19(20(17)21-13-15)25(23,24)22-11-10-18(14-22)16-6-3-2-4-7-16/h2-10,12-13H,11,14H2,1H3. The van der Waals surface area contributed by atoms with Gasteiger partial charge in [0.25, 0.3) is 0 Å². The monoisotopic (exact) mass is 350 g/mol. The van der Waals surface area contributed by atoms with Gasteiger partial charge < -0.3 is 0 Å². The average molecular weight is 350 g/mol. The summed E-state index contributed by atoms with van der Waals surface area (Å²) in [5.74, 6) is 0. The van der Waals surface area contributed by atoms with Gasteiger partial charge in [0.15, 0.2) is 0 Å². The summed E-state index contributed by atoms with van der Waals surface area (Å²) in [6.07, 6.45) is 3.69. The molecule has 0 saturated carbocycles. The van der Waals surface area contributed by atoms with E-state index in [2.05, 4.69) is 4.98 Å². The molecule has 0 spiro atoms. The summed E-state index contributed by atoms with van der Waals surface area (Å²) >= 11 is 0. The molecule has 1 aromatic heterocycles. The highest BCUT2D eigenvalue weighted by molar-refractivity contribution is 7.89. The van der Waals surface area contributed by atoms with Crippen molar-refractivity contribution in [2.75, 3.05) is 13.1 Å². The largest absolute Gasteiger partial charge is 0.255 e. The van der Waals surface area contributed by atoms with E-state index in [-0.39, 0.29) is 4.90 Å². The molecule has 25 heavy (non-hydrogen) atoms. The lowest BCUT2D eigenvalue weighted by atomic mass is 10.1. The maximum atomic E-state index is 13.2. The molecular formula is C20H18N2O2S. The average Bonchev–Trinajstić information content (AvgIpc) is 3.12. The predicted molar refractivity (Wildman–Crippen MR) is 99.7 cm³/mol. The van der Waals surface area contributed by atoms with Crippen molar-refractivity contribution in [2.24, 2.45) is 0 Å². The highest BCUT2D eigenvalue weighted by atomic mass is 32.2. The number of aryl methyl sites for hydroxylation is 1. The van der Waals surface area contributed by atoms with Gasteiger partial charge in [-0.3, -0.25) is 4.98 Å². The molecule has 0 bridgehead atoms. The highest BCUT2D eigenvalue weighted by Crippen LogP contribution is 2.29. The van der Waals surface area contributed by atoms with Crippen LogP contribution in [0.25, 0.3) is 16.5 Å². The maximum Gasteiger partial charge on any atom is 0.245 e. The summed E-state index contributed by atoms with van der Waals surface area (Å²) in [6.45, 7) is 2.72. The summed E-state index contributed by atoms with van der Waals surface area (Å²) in [6, 6.07) is 17.2. The van der Waals surface area contributed by atoms with Gasteiger partial charge in [-0.25, -0.2) is 8.42 Å². The Kier molecular flexibility index (Phi) is 3.90. The third-order valence-electron chi connectivity index (χ3n) is 4.46. The molecule has 2 heterocycles. The zero-order chi connectivity index (χ0) is 17.4. The number of fused-ring (bicyclic) bond motifs is 1. The van der Waals surface area contributed by atoms with Gasteiger partial charge in [-0.15, -0.1) is 0 Å². The van der Waals surface area contributed by atoms with Crippen LogP contribution in [-0.2, 0) is 10.0 Å². The van der Waals surface area contributed by atoms with Crippen LogP contribution in [0.15, 0.2) is 71.8 Å². The number of hydrogen-bond acceptors (Lipinski definition) is 3. The SMILES string of the molecule is Cc1cnc2c(S(=O)(=O)N3CC=C(c4ccccc4)C3)cccc2c1. The van der Waals surface area contributed by atoms with Crippen molar-refractivity contribution in [3.63, 3.8) is 0 Å². The molecule has 2 aromatic carbocycles. The topological polar surface area (TPSA) is 50.3 Å². The molecule has 0 saturated heterocycles. The fraction of sp³-hybridized carbons (Fsp3) is 0.150. The first-order valence-corrected chi connectivity index (χ1v) is 9.60. The lowest BCUT2D eigenvalue weighted by Gasteiger charge is -2.17. The van der Waals surface area contributed by atoms with E-state index in [0.717, 1.165) is 22.1 Å². The molecule has 3 aromatic rings. The van der Waals surface area contributed by atoms with E-state index in [4.69, 9.17) is 0 Å². The number of aromatic nitrogens is 1. The zero-order valence-corrected chi connectivity index (χ0v) is 14.7. The molecule has 1 aliphatic heterocycles. The van der Waals surface area contributed by atoms with Crippen molar-refractivity contribution in [2.45, 2.75) is 11.8 Å². The van der Waals surface area contributed by atoms with Crippen molar-refractivity contribution in [1.29, 1.82) is 0 Å². The lowest BCUT2D eigenvalue weighted by Crippen LogP contribution is -2.29. The van der Waals surface area contributed by atoms with Gasteiger partial charge in [0.1, 0.15) is 4.90 Å². The summed E-state index contributed by atoms with van der Waals surface area (Å²) in [4.78, 5) is 4.64. The number of pyridine rings is 1. The van der Waals surface area contributed by atoms with Crippen LogP contribution in [0.3, 0.4) is 0 Å². The van der Waals surface area contributed by atoms with E-state index in [1.165, 1.54) is 4.31 Å². The van der Waals surface area contributed by atoms with Crippen molar-refractivity contribution in [1.82, 2.24) is 9.29 Å². The van der Waals surface area contributed by atoms with Crippen molar-refractivity contribution < 1.29 is 8.42 Å². The molecule has 4 rings (SSSR count). The van der Waals surface area contributed by atoms with Crippen LogP contribution >= 0.6 is 0 Å². The van der Waals surface area contributed by atoms with Crippen LogP contribution in [0.5, 0.6) is 0 Å². The Morgan fingerprint density at radius 2 is 1.84 bits per heavy atom. The molecular weight excluding hydrogens is 332 g/mol. The number of nitrogens with zero attached hydrogens (tertiary/aromatic N) is 2. The van der Waals surface area contributed by atoms with Gasteiger partial charge in [-0.1, -0.05) is 48.5 Å². The summed E-state index contributed by atoms with van der Waals surface area (Å²) in [7, 11) is -3.60. The Bertz CT molecular complexity index is 1070. The van der Waals surface area contributed by atoms with E-state index in [9.17, 15) is 8.42 Å². The van der Waals surface area contributed by atoms with Gasteiger partial charge in [0, 0.05) is 24.7 Å². The Hall–Kier alpha value is -2.50.